The summed E-state index contributed by atoms with van der Waals surface area (Å²) in [6.07, 6.45) is 3.75. The second kappa shape index (κ2) is 9.11. The van der Waals surface area contributed by atoms with Crippen LogP contribution < -0.4 is 10.2 Å². The third-order valence-electron chi connectivity index (χ3n) is 6.94. The topological polar surface area (TPSA) is 81.6 Å². The van der Waals surface area contributed by atoms with E-state index in [0.29, 0.717) is 44.3 Å². The molecule has 3 heterocycles. The zero-order valence-electron chi connectivity index (χ0n) is 18.9. The zero-order valence-corrected chi connectivity index (χ0v) is 18.9. The summed E-state index contributed by atoms with van der Waals surface area (Å²) in [7, 11) is 2.04. The van der Waals surface area contributed by atoms with Gasteiger partial charge in [0.1, 0.15) is 23.6 Å². The van der Waals surface area contributed by atoms with Crippen LogP contribution in [0.5, 0.6) is 0 Å². The predicted molar refractivity (Wildman–Crippen MR) is 121 cm³/mol. The summed E-state index contributed by atoms with van der Waals surface area (Å²) in [6, 6.07) is 8.58. The molecule has 1 aromatic heterocycles. The van der Waals surface area contributed by atoms with E-state index in [1.54, 1.807) is 12.1 Å². The number of carbonyl (C=O) groups excluding carboxylic acids is 1. The number of β-amino-alcohol motifs (C(OH)–C–C–N with tert-alkyl or cyclic N) is 1. The number of amides is 1. The summed E-state index contributed by atoms with van der Waals surface area (Å²) in [5.41, 5.74) is -0.264. The number of nitrogens with zero attached hydrogens (tertiary/aromatic N) is 4. The van der Waals surface area contributed by atoms with Crippen LogP contribution in [0.4, 0.5) is 10.2 Å². The highest BCUT2D eigenvalue weighted by Crippen LogP contribution is 2.36. The molecule has 8 heteroatoms. The Bertz CT molecular complexity index is 963. The van der Waals surface area contributed by atoms with Gasteiger partial charge in [-0.15, -0.1) is 0 Å². The molecule has 0 radical (unpaired) electrons. The van der Waals surface area contributed by atoms with Crippen LogP contribution in [0.3, 0.4) is 0 Å². The first-order chi connectivity index (χ1) is 15.3. The van der Waals surface area contributed by atoms with E-state index >= 15 is 0 Å². The zero-order chi connectivity index (χ0) is 22.8. The molecule has 2 N–H and O–H groups in total. The molecule has 32 heavy (non-hydrogen) atoms. The summed E-state index contributed by atoms with van der Waals surface area (Å²) >= 11 is 0. The lowest BCUT2D eigenvalue weighted by Gasteiger charge is -2.40. The Balaban J connectivity index is 1.44. The standard InChI is InChI=1S/C24H32FN5O2/c1-18-13-21(28-17-27-18)30-12-9-24(32,16-30)15-26-22(31)23(7-10-29(2)11-8-23)14-19-5-3-4-6-20(19)25/h3-6,13,17,32H,7-12,14-16H2,1-2H3,(H,26,31)/t24-/m1/s1. The highest BCUT2D eigenvalue weighted by atomic mass is 19.1. The highest BCUT2D eigenvalue weighted by Gasteiger charge is 2.43. The second-order valence-corrected chi connectivity index (χ2v) is 9.45. The first-order valence-electron chi connectivity index (χ1n) is 11.2. The van der Waals surface area contributed by atoms with Gasteiger partial charge in [0.2, 0.25) is 5.91 Å². The fourth-order valence-electron chi connectivity index (χ4n) is 4.78. The Hall–Kier alpha value is -2.58. The van der Waals surface area contributed by atoms with E-state index in [1.807, 2.05) is 31.0 Å². The predicted octanol–water partition coefficient (Wildman–Crippen LogP) is 1.94. The van der Waals surface area contributed by atoms with Crippen molar-refractivity contribution in [1.82, 2.24) is 20.2 Å². The average Bonchev–Trinajstić information content (AvgIpc) is 3.18. The van der Waals surface area contributed by atoms with Crippen LogP contribution in [0.1, 0.15) is 30.5 Å². The molecule has 172 valence electrons. The van der Waals surface area contributed by atoms with Crippen LogP contribution >= 0.6 is 0 Å². The monoisotopic (exact) mass is 441 g/mol. The van der Waals surface area contributed by atoms with E-state index in [9.17, 15) is 14.3 Å². The van der Waals surface area contributed by atoms with Gasteiger partial charge in [0.15, 0.2) is 0 Å². The molecule has 0 spiro atoms. The number of hydrogen-bond acceptors (Lipinski definition) is 6. The SMILES string of the molecule is Cc1cc(N2CC[C@@](O)(CNC(=O)C3(Cc4ccccc4F)CCN(C)CC3)C2)ncn1. The van der Waals surface area contributed by atoms with Crippen molar-refractivity contribution in [1.29, 1.82) is 0 Å². The number of likely N-dealkylation sites (tertiary alicyclic amines) is 1. The van der Waals surface area contributed by atoms with Crippen LogP contribution in [0.2, 0.25) is 0 Å². The first kappa shape index (κ1) is 22.6. The van der Waals surface area contributed by atoms with Gasteiger partial charge < -0.3 is 20.2 Å². The summed E-state index contributed by atoms with van der Waals surface area (Å²) in [5.74, 6) is 0.411. The van der Waals surface area contributed by atoms with Gasteiger partial charge in [-0.1, -0.05) is 18.2 Å². The van der Waals surface area contributed by atoms with Crippen LogP contribution in [0.15, 0.2) is 36.7 Å². The minimum atomic E-state index is -1.03. The molecule has 0 saturated carbocycles. The second-order valence-electron chi connectivity index (χ2n) is 9.45. The Labute approximate surface area is 188 Å². The smallest absolute Gasteiger partial charge is 0.226 e. The van der Waals surface area contributed by atoms with Gasteiger partial charge in [0.25, 0.3) is 0 Å². The van der Waals surface area contributed by atoms with Crippen molar-refractivity contribution in [3.8, 4) is 0 Å². The van der Waals surface area contributed by atoms with Gasteiger partial charge in [0.05, 0.1) is 5.41 Å². The Morgan fingerprint density at radius 2 is 1.94 bits per heavy atom. The molecular weight excluding hydrogens is 409 g/mol. The van der Waals surface area contributed by atoms with Crippen molar-refractivity contribution in [3.05, 3.63) is 53.7 Å². The molecule has 1 atom stereocenters. The number of halogens is 1. The molecule has 0 unspecified atom stereocenters. The number of rotatable bonds is 6. The molecule has 2 aliphatic heterocycles. The number of aryl methyl sites for hydroxylation is 1. The fourth-order valence-corrected chi connectivity index (χ4v) is 4.78. The minimum Gasteiger partial charge on any atom is -0.386 e. The largest absolute Gasteiger partial charge is 0.386 e. The Kier molecular flexibility index (Phi) is 6.44. The van der Waals surface area contributed by atoms with Crippen molar-refractivity contribution in [3.63, 3.8) is 0 Å². The van der Waals surface area contributed by atoms with Gasteiger partial charge in [-0.25, -0.2) is 14.4 Å². The molecule has 7 nitrogen and oxygen atoms in total. The van der Waals surface area contributed by atoms with E-state index in [-0.39, 0.29) is 18.3 Å². The van der Waals surface area contributed by atoms with Crippen LogP contribution in [-0.4, -0.2) is 71.3 Å². The first-order valence-corrected chi connectivity index (χ1v) is 11.2. The van der Waals surface area contributed by atoms with E-state index in [4.69, 9.17) is 0 Å². The van der Waals surface area contributed by atoms with Crippen LogP contribution in [0, 0.1) is 18.2 Å². The normalized spacial score (nSPS) is 23.3. The van der Waals surface area contributed by atoms with Gasteiger partial charge in [-0.2, -0.15) is 0 Å². The molecule has 2 saturated heterocycles. The molecule has 1 aromatic carbocycles. The quantitative estimate of drug-likeness (QED) is 0.713. The Morgan fingerprint density at radius 1 is 1.19 bits per heavy atom. The number of aliphatic hydroxyl groups is 1. The van der Waals surface area contributed by atoms with E-state index in [1.165, 1.54) is 12.4 Å². The molecule has 0 bridgehead atoms. The maximum absolute atomic E-state index is 14.4. The lowest BCUT2D eigenvalue weighted by molar-refractivity contribution is -0.135. The third kappa shape index (κ3) is 4.91. The highest BCUT2D eigenvalue weighted by molar-refractivity contribution is 5.83. The number of benzene rings is 1. The number of hydrogen-bond donors (Lipinski definition) is 2. The van der Waals surface area contributed by atoms with Crippen LogP contribution in [-0.2, 0) is 11.2 Å². The number of piperidine rings is 1. The number of nitrogens with one attached hydrogen (secondary N) is 1. The lowest BCUT2D eigenvalue weighted by Crippen LogP contribution is -2.53. The van der Waals surface area contributed by atoms with E-state index < -0.39 is 11.0 Å². The van der Waals surface area contributed by atoms with Crippen molar-refractivity contribution < 1.29 is 14.3 Å². The summed E-state index contributed by atoms with van der Waals surface area (Å²) in [4.78, 5) is 26.1. The molecule has 2 aromatic rings. The van der Waals surface area contributed by atoms with E-state index in [0.717, 1.165) is 24.6 Å². The molecule has 2 fully saturated rings. The molecule has 4 rings (SSSR count). The van der Waals surface area contributed by atoms with E-state index in [2.05, 4.69) is 20.2 Å². The van der Waals surface area contributed by atoms with Gasteiger partial charge in [0, 0.05) is 31.4 Å². The van der Waals surface area contributed by atoms with Gasteiger partial charge in [-0.3, -0.25) is 4.79 Å². The Morgan fingerprint density at radius 3 is 2.66 bits per heavy atom. The van der Waals surface area contributed by atoms with Crippen molar-refractivity contribution in [2.24, 2.45) is 5.41 Å². The minimum absolute atomic E-state index is 0.0985. The number of anilines is 1. The molecule has 2 aliphatic rings. The summed E-state index contributed by atoms with van der Waals surface area (Å²) in [5, 5.41) is 14.2. The van der Waals surface area contributed by atoms with Crippen molar-refractivity contribution in [2.45, 2.75) is 38.2 Å². The molecular formula is C24H32FN5O2. The summed E-state index contributed by atoms with van der Waals surface area (Å²) < 4.78 is 14.4. The van der Waals surface area contributed by atoms with Gasteiger partial charge >= 0.3 is 0 Å². The lowest BCUT2D eigenvalue weighted by atomic mass is 9.73. The average molecular weight is 442 g/mol. The fraction of sp³-hybridized carbons (Fsp3) is 0.542. The van der Waals surface area contributed by atoms with Crippen molar-refractivity contribution >= 4 is 11.7 Å². The number of aromatic nitrogens is 2. The van der Waals surface area contributed by atoms with Crippen LogP contribution in [0.25, 0.3) is 0 Å². The van der Waals surface area contributed by atoms with Crippen molar-refractivity contribution in [2.75, 3.05) is 44.7 Å². The maximum atomic E-state index is 14.4. The number of carbonyl (C=O) groups is 1. The van der Waals surface area contributed by atoms with Gasteiger partial charge in [-0.05, 0) is 64.4 Å². The maximum Gasteiger partial charge on any atom is 0.226 e. The molecule has 0 aliphatic carbocycles. The summed E-state index contributed by atoms with van der Waals surface area (Å²) in [6.45, 7) is 4.70. The third-order valence-corrected chi connectivity index (χ3v) is 6.94. The molecule has 1 amide bonds.